The zero-order chi connectivity index (χ0) is 44.3. The molecule has 18 nitrogen and oxygen atoms in total. The van der Waals surface area contributed by atoms with Crippen molar-refractivity contribution >= 4 is 76.1 Å². The van der Waals surface area contributed by atoms with Gasteiger partial charge in [-0.15, -0.1) is 0 Å². The number of aromatic nitrogens is 2. The molecule has 61 heavy (non-hydrogen) atoms. The highest BCUT2D eigenvalue weighted by molar-refractivity contribution is 6.61. The summed E-state index contributed by atoms with van der Waals surface area (Å²) in [7, 11) is -1.44. The molecule has 322 valence electrons. The molecule has 0 atom stereocenters. The van der Waals surface area contributed by atoms with Crippen LogP contribution in [0.2, 0.25) is 0 Å². The zero-order valence-electron chi connectivity index (χ0n) is 35.1. The predicted molar refractivity (Wildman–Crippen MR) is 226 cm³/mol. The second-order valence-electron chi connectivity index (χ2n) is 17.2. The van der Waals surface area contributed by atoms with Crippen LogP contribution in [0.25, 0.3) is 21.8 Å². The van der Waals surface area contributed by atoms with Crippen LogP contribution in [-0.2, 0) is 19.1 Å². The topological polar surface area (TPSA) is 233 Å². The first-order valence-corrected chi connectivity index (χ1v) is 20.0. The number of urea groups is 2. The number of hydrogen-bond donors (Lipinski definition) is 5. The van der Waals surface area contributed by atoms with Gasteiger partial charge in [-0.3, -0.25) is 24.9 Å². The lowest BCUT2D eigenvalue weighted by Crippen LogP contribution is -2.56. The number of pyridine rings is 2. The van der Waals surface area contributed by atoms with Gasteiger partial charge in [-0.25, -0.2) is 24.1 Å². The van der Waals surface area contributed by atoms with E-state index in [9.17, 15) is 28.8 Å². The van der Waals surface area contributed by atoms with Crippen LogP contribution in [0, 0.1) is 0 Å². The van der Waals surface area contributed by atoms with E-state index in [0.29, 0.717) is 68.5 Å². The van der Waals surface area contributed by atoms with E-state index in [4.69, 9.17) is 19.5 Å². The molecule has 2 aromatic carbocycles. The van der Waals surface area contributed by atoms with Crippen molar-refractivity contribution in [2.45, 2.75) is 89.5 Å². The van der Waals surface area contributed by atoms with Crippen molar-refractivity contribution in [1.29, 1.82) is 0 Å². The van der Waals surface area contributed by atoms with Crippen molar-refractivity contribution in [1.82, 2.24) is 35.7 Å². The normalized spacial score (nSPS) is 18.1. The van der Waals surface area contributed by atoms with Gasteiger partial charge in [-0.1, -0.05) is 24.3 Å². The SMILES string of the molecule is CC(C)(C)OC(=O)N1CCC2(CC1)NC(=O)N(c1cccc3ncccc13)C2=O.CC(C)(C)OC(=O)N1CCC2(CC1)NC(=O)NC2=O.OB(O)c1cccc2ncccc12. The number of amides is 8. The Bertz CT molecular complexity index is 2320. The molecular weight excluding hydrogens is 787 g/mol. The maximum Gasteiger partial charge on any atom is 0.489 e. The van der Waals surface area contributed by atoms with Crippen LogP contribution in [0.3, 0.4) is 0 Å². The molecule has 0 bridgehead atoms. The molecule has 4 aromatic rings. The molecule has 4 fully saturated rings. The van der Waals surface area contributed by atoms with Gasteiger partial charge in [0.2, 0.25) is 0 Å². The van der Waals surface area contributed by atoms with E-state index in [-0.39, 0.29) is 17.9 Å². The summed E-state index contributed by atoms with van der Waals surface area (Å²) in [5, 5.41) is 27.4. The van der Waals surface area contributed by atoms with Gasteiger partial charge in [0.05, 0.1) is 16.7 Å². The number of piperidine rings is 2. The predicted octanol–water partition coefficient (Wildman–Crippen LogP) is 3.57. The van der Waals surface area contributed by atoms with Gasteiger partial charge in [0.1, 0.15) is 22.3 Å². The van der Waals surface area contributed by atoms with Crippen LogP contribution in [0.15, 0.2) is 73.1 Å². The van der Waals surface area contributed by atoms with Crippen molar-refractivity contribution in [2.75, 3.05) is 31.1 Å². The highest BCUT2D eigenvalue weighted by Gasteiger charge is 2.54. The van der Waals surface area contributed by atoms with Crippen molar-refractivity contribution < 1.29 is 48.3 Å². The number of fused-ring (bicyclic) bond motifs is 2. The first-order chi connectivity index (χ1) is 28.7. The Kier molecular flexibility index (Phi) is 12.6. The highest BCUT2D eigenvalue weighted by Crippen LogP contribution is 2.36. The minimum absolute atomic E-state index is 0.289. The minimum Gasteiger partial charge on any atom is -0.444 e. The summed E-state index contributed by atoms with van der Waals surface area (Å²) in [6.45, 7) is 12.3. The number of nitrogens with one attached hydrogen (secondary N) is 3. The standard InChI is InChI=1S/C21H24N4O4.C12H19N3O4.C9H8BNO2/c1-20(2,3)29-19(28)24-12-9-21(10-13-24)17(26)25(18(27)23-21)16-8-4-7-15-14(16)6-5-11-22-15;1-11(2,3)19-10(18)15-6-4-12(5-7-15)8(16)13-9(17)14-12;12-10(13)8-4-1-5-9-7(8)3-2-6-11-9/h4-8,11H,9-10,12-13H2,1-3H3,(H,23,27);4-7H2,1-3H3,(H2,13,14,16,17);1-6,12-13H. The summed E-state index contributed by atoms with van der Waals surface area (Å²) in [6, 6.07) is 16.9. The number of rotatable bonds is 2. The van der Waals surface area contributed by atoms with E-state index in [1.54, 1.807) is 79.4 Å². The van der Waals surface area contributed by atoms with E-state index in [1.807, 2.05) is 45.0 Å². The second-order valence-corrected chi connectivity index (χ2v) is 17.2. The van der Waals surface area contributed by atoms with Gasteiger partial charge in [-0.2, -0.15) is 0 Å². The molecule has 6 heterocycles. The van der Waals surface area contributed by atoms with Crippen LogP contribution in [0.5, 0.6) is 0 Å². The van der Waals surface area contributed by atoms with Gasteiger partial charge in [0.25, 0.3) is 11.8 Å². The summed E-state index contributed by atoms with van der Waals surface area (Å²) in [5.41, 5.74) is -0.474. The number of hydrogen-bond acceptors (Lipinski definition) is 12. The van der Waals surface area contributed by atoms with Crippen LogP contribution in [0.4, 0.5) is 24.9 Å². The zero-order valence-corrected chi connectivity index (χ0v) is 35.1. The van der Waals surface area contributed by atoms with Crippen molar-refractivity contribution in [3.05, 3.63) is 73.1 Å². The Labute approximate surface area is 353 Å². The van der Waals surface area contributed by atoms with E-state index >= 15 is 0 Å². The molecule has 0 aliphatic carbocycles. The first kappa shape index (κ1) is 44.2. The smallest absolute Gasteiger partial charge is 0.444 e. The number of anilines is 1. The Morgan fingerprint density at radius 2 is 1.16 bits per heavy atom. The molecule has 0 saturated carbocycles. The molecule has 5 N–H and O–H groups in total. The van der Waals surface area contributed by atoms with Crippen LogP contribution in [0.1, 0.15) is 67.2 Å². The number of carbonyl (C=O) groups is 6. The van der Waals surface area contributed by atoms with E-state index in [0.717, 1.165) is 16.3 Å². The van der Waals surface area contributed by atoms with Gasteiger partial charge in [0, 0.05) is 44.0 Å². The second kappa shape index (κ2) is 17.3. The van der Waals surface area contributed by atoms with Gasteiger partial charge < -0.3 is 40.0 Å². The van der Waals surface area contributed by atoms with Crippen molar-refractivity contribution in [2.24, 2.45) is 0 Å². The molecule has 19 heteroatoms. The Hall–Kier alpha value is -6.34. The van der Waals surface area contributed by atoms with Gasteiger partial charge in [-0.05, 0) is 114 Å². The fraction of sp³-hybridized carbons (Fsp3) is 0.429. The quantitative estimate of drug-likeness (QED) is 0.144. The largest absolute Gasteiger partial charge is 0.489 e. The lowest BCUT2D eigenvalue weighted by molar-refractivity contribution is -0.125. The molecular formula is C42H51BN8O10. The van der Waals surface area contributed by atoms with Gasteiger partial charge in [0.15, 0.2) is 0 Å². The molecule has 8 rings (SSSR count). The van der Waals surface area contributed by atoms with Crippen LogP contribution >= 0.6 is 0 Å². The summed E-state index contributed by atoms with van der Waals surface area (Å²) in [4.78, 5) is 86.0. The highest BCUT2D eigenvalue weighted by atomic mass is 16.6. The van der Waals surface area contributed by atoms with E-state index in [2.05, 4.69) is 25.9 Å². The third kappa shape index (κ3) is 10.0. The third-order valence-electron chi connectivity index (χ3n) is 10.5. The van der Waals surface area contributed by atoms with Crippen molar-refractivity contribution in [3.8, 4) is 0 Å². The Morgan fingerprint density at radius 3 is 1.66 bits per heavy atom. The minimum atomic E-state index is -1.44. The number of imide groups is 2. The summed E-state index contributed by atoms with van der Waals surface area (Å²) < 4.78 is 10.7. The number of likely N-dealkylation sites (tertiary alicyclic amines) is 2. The lowest BCUT2D eigenvalue weighted by Gasteiger charge is -2.37. The van der Waals surface area contributed by atoms with E-state index in [1.165, 1.54) is 4.90 Å². The number of carbonyl (C=O) groups excluding carboxylic acids is 6. The monoisotopic (exact) mass is 838 g/mol. The number of benzene rings is 2. The molecule has 4 aliphatic heterocycles. The van der Waals surface area contributed by atoms with Crippen LogP contribution in [-0.4, -0.2) is 121 Å². The Balaban J connectivity index is 0.000000167. The number of ether oxygens (including phenoxy) is 2. The van der Waals surface area contributed by atoms with Gasteiger partial charge >= 0.3 is 31.4 Å². The molecule has 2 spiro atoms. The fourth-order valence-corrected chi connectivity index (χ4v) is 7.49. The molecule has 2 aromatic heterocycles. The third-order valence-corrected chi connectivity index (χ3v) is 10.5. The maximum atomic E-state index is 13.3. The average Bonchev–Trinajstić information content (AvgIpc) is 3.61. The van der Waals surface area contributed by atoms with Crippen LogP contribution < -0.4 is 26.3 Å². The molecule has 0 unspecified atom stereocenters. The lowest BCUT2D eigenvalue weighted by atomic mass is 9.78. The maximum absolute atomic E-state index is 13.3. The van der Waals surface area contributed by atoms with E-state index < -0.39 is 47.6 Å². The molecule has 4 aliphatic rings. The van der Waals surface area contributed by atoms with Crippen molar-refractivity contribution in [3.63, 3.8) is 0 Å². The number of nitrogens with zero attached hydrogens (tertiary/aromatic N) is 5. The molecule has 8 amide bonds. The summed E-state index contributed by atoms with van der Waals surface area (Å²) in [5.74, 6) is -0.593. The molecule has 4 saturated heterocycles. The fourth-order valence-electron chi connectivity index (χ4n) is 7.49. The summed E-state index contributed by atoms with van der Waals surface area (Å²) in [6.07, 6.45) is 4.07. The summed E-state index contributed by atoms with van der Waals surface area (Å²) >= 11 is 0. The average molecular weight is 839 g/mol. The molecule has 0 radical (unpaired) electrons. The first-order valence-electron chi connectivity index (χ1n) is 20.0. The Morgan fingerprint density at radius 1 is 0.672 bits per heavy atom.